The second kappa shape index (κ2) is 8.28. The van der Waals surface area contributed by atoms with Crippen LogP contribution in [-0.4, -0.2) is 35.5 Å². The zero-order valence-corrected chi connectivity index (χ0v) is 14.9. The predicted molar refractivity (Wildman–Crippen MR) is 100 cm³/mol. The molecule has 1 aromatic heterocycles. The molecule has 2 aromatic carbocycles. The highest BCUT2D eigenvalue weighted by atomic mass is 16.6. The van der Waals surface area contributed by atoms with Crippen LogP contribution >= 0.6 is 0 Å². The highest BCUT2D eigenvalue weighted by Gasteiger charge is 2.14. The van der Waals surface area contributed by atoms with Crippen molar-refractivity contribution in [3.05, 3.63) is 52.9 Å². The molecule has 0 saturated carbocycles. The Morgan fingerprint density at radius 2 is 1.89 bits per heavy atom. The van der Waals surface area contributed by atoms with Crippen molar-refractivity contribution in [2.75, 3.05) is 19.2 Å². The molecule has 3 N–H and O–H groups in total. The van der Waals surface area contributed by atoms with E-state index in [1.165, 1.54) is 6.92 Å². The van der Waals surface area contributed by atoms with E-state index in [0.717, 1.165) is 0 Å². The van der Waals surface area contributed by atoms with Crippen molar-refractivity contribution in [3.63, 3.8) is 0 Å². The van der Waals surface area contributed by atoms with Crippen LogP contribution in [0, 0.1) is 0 Å². The molecular weight excluding hydrogens is 350 g/mol. The van der Waals surface area contributed by atoms with Crippen LogP contribution in [0.1, 0.15) is 6.92 Å². The summed E-state index contributed by atoms with van der Waals surface area (Å²) in [7, 11) is 1.58. The highest BCUT2D eigenvalue weighted by Crippen LogP contribution is 2.19. The van der Waals surface area contributed by atoms with E-state index >= 15 is 0 Å². The highest BCUT2D eigenvalue weighted by molar-refractivity contribution is 5.81. The number of rotatable bonds is 8. The van der Waals surface area contributed by atoms with E-state index < -0.39 is 6.04 Å². The monoisotopic (exact) mass is 369 g/mol. The van der Waals surface area contributed by atoms with Crippen molar-refractivity contribution in [1.82, 2.24) is 9.97 Å². The number of aromatic amines is 2. The maximum atomic E-state index is 11.8. The van der Waals surface area contributed by atoms with Crippen molar-refractivity contribution in [1.29, 1.82) is 0 Å². The fraction of sp³-hybridized carbons (Fsp3) is 0.222. The third-order valence-corrected chi connectivity index (χ3v) is 3.80. The van der Waals surface area contributed by atoms with Crippen molar-refractivity contribution in [2.45, 2.75) is 13.0 Å². The quantitative estimate of drug-likeness (QED) is 0.416. The molecule has 0 aliphatic rings. The Morgan fingerprint density at radius 1 is 1.15 bits per heavy atom. The van der Waals surface area contributed by atoms with Crippen molar-refractivity contribution < 1.29 is 14.4 Å². The molecule has 0 bridgehead atoms. The number of carbonyl (C=O) groups excluding carboxylic acids is 1. The average molecular weight is 369 g/mol. The first-order chi connectivity index (χ1) is 13.0. The number of azo groups is 1. The summed E-state index contributed by atoms with van der Waals surface area (Å²) < 4.78 is 5.08. The Bertz CT molecular complexity index is 1010. The van der Waals surface area contributed by atoms with Gasteiger partial charge in [-0.05, 0) is 49.4 Å². The summed E-state index contributed by atoms with van der Waals surface area (Å²) in [6, 6.07) is 11.5. The van der Waals surface area contributed by atoms with Crippen LogP contribution in [0.5, 0.6) is 5.75 Å². The van der Waals surface area contributed by atoms with Gasteiger partial charge in [0.15, 0.2) is 11.8 Å². The Balaban J connectivity index is 1.59. The molecule has 9 heteroatoms. The van der Waals surface area contributed by atoms with Crippen LogP contribution in [0.3, 0.4) is 0 Å². The van der Waals surface area contributed by atoms with E-state index in [9.17, 15) is 9.59 Å². The average Bonchev–Trinajstić information content (AvgIpc) is 3.04. The third-order valence-electron chi connectivity index (χ3n) is 3.80. The second-order valence-corrected chi connectivity index (χ2v) is 5.79. The first kappa shape index (κ1) is 18.3. The van der Waals surface area contributed by atoms with E-state index in [1.54, 1.807) is 49.6 Å². The normalized spacial score (nSPS) is 12.4. The van der Waals surface area contributed by atoms with E-state index in [2.05, 4.69) is 25.7 Å². The first-order valence-corrected chi connectivity index (χ1v) is 8.20. The Kier molecular flexibility index (Phi) is 5.62. The minimum absolute atomic E-state index is 0.0106. The topological polar surface area (TPSA) is 121 Å². The molecule has 0 radical (unpaired) electrons. The largest absolute Gasteiger partial charge is 0.497 e. The van der Waals surface area contributed by atoms with Crippen LogP contribution in [-0.2, 0) is 9.63 Å². The first-order valence-electron chi connectivity index (χ1n) is 8.20. The van der Waals surface area contributed by atoms with Gasteiger partial charge in [0, 0.05) is 0 Å². The molecule has 3 rings (SSSR count). The van der Waals surface area contributed by atoms with Gasteiger partial charge in [0.1, 0.15) is 12.4 Å². The maximum absolute atomic E-state index is 11.8. The Hall–Kier alpha value is -3.46. The molecule has 0 amide bonds. The zero-order chi connectivity index (χ0) is 19.2. The minimum Gasteiger partial charge on any atom is -0.497 e. The number of methoxy groups -OCH3 is 1. The van der Waals surface area contributed by atoms with E-state index in [4.69, 9.17) is 9.57 Å². The number of H-pyrrole nitrogens is 2. The van der Waals surface area contributed by atoms with E-state index in [0.29, 0.717) is 28.2 Å². The minimum atomic E-state index is -0.740. The van der Waals surface area contributed by atoms with Crippen LogP contribution in [0.2, 0.25) is 0 Å². The predicted octanol–water partition coefficient (Wildman–Crippen LogP) is 2.95. The van der Waals surface area contributed by atoms with Crippen molar-refractivity contribution >= 4 is 28.2 Å². The summed E-state index contributed by atoms with van der Waals surface area (Å²) in [6.07, 6.45) is 0. The van der Waals surface area contributed by atoms with E-state index in [1.807, 2.05) is 0 Å². The summed E-state index contributed by atoms with van der Waals surface area (Å²) in [5, 5.41) is 8.12. The van der Waals surface area contributed by atoms with E-state index in [-0.39, 0.29) is 18.1 Å². The standard InChI is InChI=1S/C18H19N5O4/c1-11(24)17(22-21-12-3-6-14(26-2)7-4-12)10-27-23-13-5-8-15-16(9-13)20-18(25)19-15/h3-9,17,23H,10H2,1-2H3,(H2,19,20,25). The summed E-state index contributed by atoms with van der Waals surface area (Å²) in [5.74, 6) is 0.546. The van der Waals surface area contributed by atoms with Gasteiger partial charge in [-0.2, -0.15) is 10.2 Å². The number of hydrogen-bond acceptors (Lipinski definition) is 7. The lowest BCUT2D eigenvalue weighted by atomic mass is 10.2. The SMILES string of the molecule is COc1ccc(N=NC(CONc2ccc3[nH]c(=O)[nH]c3c2)C(C)=O)cc1. The Labute approximate surface area is 154 Å². The Morgan fingerprint density at radius 3 is 2.59 bits per heavy atom. The number of anilines is 1. The molecule has 140 valence electrons. The van der Waals surface area contributed by atoms with Gasteiger partial charge < -0.3 is 14.7 Å². The van der Waals surface area contributed by atoms with Crippen molar-refractivity contribution in [3.8, 4) is 5.75 Å². The number of hydrogen-bond donors (Lipinski definition) is 3. The summed E-state index contributed by atoms with van der Waals surface area (Å²) in [6.45, 7) is 1.44. The molecule has 1 atom stereocenters. The van der Waals surface area contributed by atoms with Gasteiger partial charge in [0.05, 0.1) is 29.5 Å². The number of nitrogens with zero attached hydrogens (tertiary/aromatic N) is 2. The molecule has 0 aliphatic carbocycles. The summed E-state index contributed by atoms with van der Waals surface area (Å²) in [5.41, 5.74) is 5.04. The fourth-order valence-electron chi connectivity index (χ4n) is 2.32. The zero-order valence-electron chi connectivity index (χ0n) is 14.9. The molecule has 0 aliphatic heterocycles. The number of imidazole rings is 1. The maximum Gasteiger partial charge on any atom is 0.323 e. The number of ketones is 1. The molecule has 3 aromatic rings. The van der Waals surface area contributed by atoms with Crippen molar-refractivity contribution in [2.24, 2.45) is 10.2 Å². The number of ether oxygens (including phenoxy) is 1. The van der Waals surface area contributed by atoms with Gasteiger partial charge in [-0.15, -0.1) is 0 Å². The van der Waals surface area contributed by atoms with Gasteiger partial charge in [-0.1, -0.05) is 0 Å². The van der Waals surface area contributed by atoms with Gasteiger partial charge in [0.2, 0.25) is 0 Å². The lowest BCUT2D eigenvalue weighted by molar-refractivity contribution is -0.119. The molecule has 1 unspecified atom stereocenters. The smallest absolute Gasteiger partial charge is 0.323 e. The number of aromatic nitrogens is 2. The lowest BCUT2D eigenvalue weighted by Gasteiger charge is -2.10. The van der Waals surface area contributed by atoms with Gasteiger partial charge in [-0.3, -0.25) is 15.1 Å². The number of benzene rings is 2. The van der Waals surface area contributed by atoms with Gasteiger partial charge >= 0.3 is 5.69 Å². The number of nitrogens with one attached hydrogen (secondary N) is 3. The van der Waals surface area contributed by atoms with Gasteiger partial charge in [-0.25, -0.2) is 4.79 Å². The van der Waals surface area contributed by atoms with Crippen LogP contribution in [0.15, 0.2) is 57.5 Å². The molecule has 1 heterocycles. The molecule has 27 heavy (non-hydrogen) atoms. The molecule has 0 saturated heterocycles. The molecule has 0 spiro atoms. The number of Topliss-reactive ketones (excluding diaryl/α,β-unsaturated/α-hetero) is 1. The third kappa shape index (κ3) is 4.79. The molecule has 9 nitrogen and oxygen atoms in total. The second-order valence-electron chi connectivity index (χ2n) is 5.79. The van der Waals surface area contributed by atoms with Gasteiger partial charge in [0.25, 0.3) is 0 Å². The van der Waals surface area contributed by atoms with Crippen LogP contribution < -0.4 is 15.9 Å². The number of carbonyl (C=O) groups is 1. The summed E-state index contributed by atoms with van der Waals surface area (Å²) in [4.78, 5) is 33.7. The number of fused-ring (bicyclic) bond motifs is 1. The summed E-state index contributed by atoms with van der Waals surface area (Å²) >= 11 is 0. The molecular formula is C18H19N5O4. The molecule has 0 fully saturated rings. The van der Waals surface area contributed by atoms with Crippen LogP contribution in [0.25, 0.3) is 11.0 Å². The van der Waals surface area contributed by atoms with Crippen LogP contribution in [0.4, 0.5) is 11.4 Å². The fourth-order valence-corrected chi connectivity index (χ4v) is 2.32. The lowest BCUT2D eigenvalue weighted by Crippen LogP contribution is -2.23.